The topological polar surface area (TPSA) is 109 Å². The minimum Gasteiger partial charge on any atom is -0.395 e. The molecule has 9 nitrogen and oxygen atoms in total. The number of aryl methyl sites for hydroxylation is 2. The fourth-order valence-electron chi connectivity index (χ4n) is 2.84. The van der Waals surface area contributed by atoms with Crippen LogP contribution in [0.5, 0.6) is 0 Å². The van der Waals surface area contributed by atoms with Crippen LogP contribution in [0.4, 0.5) is 11.6 Å². The van der Waals surface area contributed by atoms with Gasteiger partial charge in [0.25, 0.3) is 5.91 Å². The van der Waals surface area contributed by atoms with Gasteiger partial charge in [-0.15, -0.1) is 0 Å². The van der Waals surface area contributed by atoms with Gasteiger partial charge >= 0.3 is 5.88 Å². The van der Waals surface area contributed by atoms with Crippen LogP contribution < -0.4 is 4.90 Å². The minimum atomic E-state index is -0.654. The van der Waals surface area contributed by atoms with Crippen molar-refractivity contribution in [1.29, 1.82) is 0 Å². The van der Waals surface area contributed by atoms with E-state index in [4.69, 9.17) is 4.42 Å². The lowest BCUT2D eigenvalue weighted by Gasteiger charge is -2.35. The molecule has 0 radical (unpaired) electrons. The number of amides is 1. The third-order valence-corrected chi connectivity index (χ3v) is 3.95. The van der Waals surface area contributed by atoms with E-state index in [1.54, 1.807) is 4.90 Å². The molecule has 122 valence electrons. The molecule has 0 aromatic carbocycles. The summed E-state index contributed by atoms with van der Waals surface area (Å²) in [5, 5.41) is 17.8. The molecule has 0 bridgehead atoms. The van der Waals surface area contributed by atoms with Crippen LogP contribution in [0.2, 0.25) is 0 Å². The van der Waals surface area contributed by atoms with Gasteiger partial charge in [0.05, 0.1) is 23.1 Å². The molecular weight excluding hydrogens is 302 g/mol. The Morgan fingerprint density at radius 3 is 2.52 bits per heavy atom. The SMILES string of the molecule is Cc1n[nH]c(C)c1N1CCN(C(=O)c2ccc([N+](=O)[O-])o2)CC1. The van der Waals surface area contributed by atoms with Gasteiger partial charge in [-0.3, -0.25) is 20.0 Å². The fraction of sp³-hybridized carbons (Fsp3) is 0.429. The monoisotopic (exact) mass is 319 g/mol. The van der Waals surface area contributed by atoms with Crippen molar-refractivity contribution in [3.63, 3.8) is 0 Å². The first-order valence-corrected chi connectivity index (χ1v) is 7.27. The van der Waals surface area contributed by atoms with E-state index < -0.39 is 10.8 Å². The van der Waals surface area contributed by atoms with E-state index >= 15 is 0 Å². The van der Waals surface area contributed by atoms with Gasteiger partial charge in [-0.05, 0) is 19.9 Å². The van der Waals surface area contributed by atoms with Crippen molar-refractivity contribution in [3.8, 4) is 0 Å². The summed E-state index contributed by atoms with van der Waals surface area (Å²) < 4.78 is 4.98. The smallest absolute Gasteiger partial charge is 0.395 e. The molecule has 3 rings (SSSR count). The van der Waals surface area contributed by atoms with Crippen molar-refractivity contribution < 1.29 is 14.1 Å². The van der Waals surface area contributed by atoms with E-state index in [2.05, 4.69) is 15.1 Å². The maximum Gasteiger partial charge on any atom is 0.433 e. The second-order valence-electron chi connectivity index (χ2n) is 5.46. The highest BCUT2D eigenvalue weighted by Gasteiger charge is 2.27. The van der Waals surface area contributed by atoms with Crippen LogP contribution in [0, 0.1) is 24.0 Å². The lowest BCUT2D eigenvalue weighted by molar-refractivity contribution is -0.402. The minimum absolute atomic E-state index is 0.000761. The molecule has 1 N–H and O–H groups in total. The summed E-state index contributed by atoms with van der Waals surface area (Å²) in [6, 6.07) is 2.54. The second-order valence-corrected chi connectivity index (χ2v) is 5.46. The number of furan rings is 1. The van der Waals surface area contributed by atoms with Gasteiger partial charge < -0.3 is 14.2 Å². The second kappa shape index (κ2) is 5.75. The van der Waals surface area contributed by atoms with Crippen LogP contribution in [0.1, 0.15) is 21.9 Å². The zero-order valence-electron chi connectivity index (χ0n) is 12.9. The van der Waals surface area contributed by atoms with Gasteiger partial charge in [-0.2, -0.15) is 5.10 Å². The van der Waals surface area contributed by atoms with Gasteiger partial charge in [0, 0.05) is 26.2 Å². The maximum absolute atomic E-state index is 12.3. The fourth-order valence-corrected chi connectivity index (χ4v) is 2.84. The first kappa shape index (κ1) is 15.1. The Morgan fingerprint density at radius 2 is 2.00 bits per heavy atom. The lowest BCUT2D eigenvalue weighted by atomic mass is 10.2. The van der Waals surface area contributed by atoms with E-state index in [-0.39, 0.29) is 11.7 Å². The highest BCUT2D eigenvalue weighted by Crippen LogP contribution is 2.24. The molecule has 0 atom stereocenters. The number of aromatic amines is 1. The summed E-state index contributed by atoms with van der Waals surface area (Å²) in [4.78, 5) is 26.1. The summed E-state index contributed by atoms with van der Waals surface area (Å²) >= 11 is 0. The first-order chi connectivity index (χ1) is 11.0. The number of carbonyl (C=O) groups is 1. The number of aromatic nitrogens is 2. The van der Waals surface area contributed by atoms with Crippen LogP contribution in [-0.2, 0) is 0 Å². The average molecular weight is 319 g/mol. The summed E-state index contributed by atoms with van der Waals surface area (Å²) in [6.45, 7) is 6.31. The van der Waals surface area contributed by atoms with Gasteiger partial charge in [0.15, 0.2) is 5.76 Å². The van der Waals surface area contributed by atoms with Crippen molar-refractivity contribution in [1.82, 2.24) is 15.1 Å². The van der Waals surface area contributed by atoms with Crippen LogP contribution in [-0.4, -0.2) is 52.1 Å². The number of rotatable bonds is 3. The third kappa shape index (κ3) is 2.77. The molecule has 23 heavy (non-hydrogen) atoms. The zero-order chi connectivity index (χ0) is 16.6. The number of nitrogens with zero attached hydrogens (tertiary/aromatic N) is 4. The predicted octanol–water partition coefficient (Wildman–Crippen LogP) is 1.49. The first-order valence-electron chi connectivity index (χ1n) is 7.27. The Labute approximate surface area is 132 Å². The van der Waals surface area contributed by atoms with Crippen molar-refractivity contribution in [2.75, 3.05) is 31.1 Å². The number of H-pyrrole nitrogens is 1. The summed E-state index contributed by atoms with van der Waals surface area (Å²) in [5.41, 5.74) is 3.01. The van der Waals surface area contributed by atoms with Crippen LogP contribution in [0.3, 0.4) is 0 Å². The Morgan fingerprint density at radius 1 is 1.30 bits per heavy atom. The third-order valence-electron chi connectivity index (χ3n) is 3.95. The van der Waals surface area contributed by atoms with E-state index in [1.807, 2.05) is 13.8 Å². The van der Waals surface area contributed by atoms with Crippen LogP contribution in [0.25, 0.3) is 0 Å². The molecule has 1 aliphatic heterocycles. The van der Waals surface area contributed by atoms with Crippen LogP contribution >= 0.6 is 0 Å². The normalized spacial score (nSPS) is 15.0. The Bertz CT molecular complexity index is 723. The number of nitrogens with one attached hydrogen (secondary N) is 1. The predicted molar refractivity (Wildman–Crippen MR) is 81.5 cm³/mol. The molecule has 0 unspecified atom stereocenters. The quantitative estimate of drug-likeness (QED) is 0.678. The number of hydrogen-bond acceptors (Lipinski definition) is 6. The molecule has 0 spiro atoms. The van der Waals surface area contributed by atoms with Gasteiger partial charge in [-0.1, -0.05) is 0 Å². The van der Waals surface area contributed by atoms with Crippen molar-refractivity contribution in [2.24, 2.45) is 0 Å². The van der Waals surface area contributed by atoms with E-state index in [9.17, 15) is 14.9 Å². The van der Waals surface area contributed by atoms with E-state index in [1.165, 1.54) is 12.1 Å². The van der Waals surface area contributed by atoms with E-state index in [0.29, 0.717) is 26.2 Å². The number of hydrogen-bond donors (Lipinski definition) is 1. The number of nitro groups is 1. The maximum atomic E-state index is 12.3. The van der Waals surface area contributed by atoms with Gasteiger partial charge in [0.1, 0.15) is 4.92 Å². The van der Waals surface area contributed by atoms with Gasteiger partial charge in [0.2, 0.25) is 0 Å². The average Bonchev–Trinajstić information content (AvgIpc) is 3.14. The van der Waals surface area contributed by atoms with Gasteiger partial charge in [-0.25, -0.2) is 0 Å². The zero-order valence-corrected chi connectivity index (χ0v) is 12.9. The molecule has 0 saturated carbocycles. The molecule has 2 aromatic rings. The molecule has 1 fully saturated rings. The Balaban J connectivity index is 1.66. The summed E-state index contributed by atoms with van der Waals surface area (Å²) in [7, 11) is 0. The molecule has 9 heteroatoms. The molecule has 0 aliphatic carbocycles. The molecule has 1 saturated heterocycles. The van der Waals surface area contributed by atoms with Crippen molar-refractivity contribution >= 4 is 17.5 Å². The summed E-state index contributed by atoms with van der Waals surface area (Å²) in [6.07, 6.45) is 0. The molecular formula is C14H17N5O4. The Kier molecular flexibility index (Phi) is 3.77. The van der Waals surface area contributed by atoms with Crippen molar-refractivity contribution in [3.05, 3.63) is 39.4 Å². The lowest BCUT2D eigenvalue weighted by Crippen LogP contribution is -2.49. The highest BCUT2D eigenvalue weighted by molar-refractivity contribution is 5.92. The Hall–Kier alpha value is -2.84. The highest BCUT2D eigenvalue weighted by atomic mass is 16.6. The largest absolute Gasteiger partial charge is 0.433 e. The molecule has 1 amide bonds. The molecule has 2 aromatic heterocycles. The van der Waals surface area contributed by atoms with E-state index in [0.717, 1.165) is 17.1 Å². The number of piperazine rings is 1. The number of carbonyl (C=O) groups excluding carboxylic acids is 1. The molecule has 3 heterocycles. The molecule has 1 aliphatic rings. The van der Waals surface area contributed by atoms with Crippen LogP contribution in [0.15, 0.2) is 16.5 Å². The standard InChI is InChI=1S/C14H17N5O4/c1-9-13(10(2)16-15-9)17-5-7-18(8-6-17)14(20)11-3-4-12(23-11)19(21)22/h3-4H,5-8H2,1-2H3,(H,15,16). The number of anilines is 1. The summed E-state index contributed by atoms with van der Waals surface area (Å²) in [5.74, 6) is -0.740. The van der Waals surface area contributed by atoms with Crippen molar-refractivity contribution in [2.45, 2.75) is 13.8 Å².